The third-order valence-electron chi connectivity index (χ3n) is 1.98. The Balaban J connectivity index is 3.21. The average Bonchev–Trinajstić information content (AvgIpc) is 2.15. The third-order valence-corrected chi connectivity index (χ3v) is 3.79. The van der Waals surface area contributed by atoms with Crippen LogP contribution in [-0.2, 0) is 0 Å². The fourth-order valence-electron chi connectivity index (χ4n) is 1.12. The maximum Gasteiger partial charge on any atom is 0.223 e. The minimum Gasteiger partial charge on any atom is -0.480 e. The van der Waals surface area contributed by atoms with E-state index in [1.807, 2.05) is 6.07 Å². The van der Waals surface area contributed by atoms with Gasteiger partial charge in [-0.25, -0.2) is 4.98 Å². The van der Waals surface area contributed by atoms with Crippen molar-refractivity contribution in [2.45, 2.75) is 19.6 Å². The molecule has 0 atom stereocenters. The fraction of sp³-hybridized carbons (Fsp3) is 0.400. The zero-order valence-corrected chi connectivity index (χ0v) is 10.00. The van der Waals surface area contributed by atoms with Crippen LogP contribution in [0.25, 0.3) is 0 Å². The van der Waals surface area contributed by atoms with E-state index in [1.165, 1.54) is 7.11 Å². The Morgan fingerprint density at radius 2 is 2.00 bits per heavy atom. The average molecular weight is 209 g/mol. The molecule has 3 nitrogen and oxygen atoms in total. The molecule has 0 bridgehead atoms. The van der Waals surface area contributed by atoms with Crippen LogP contribution in [-0.4, -0.2) is 26.5 Å². The van der Waals surface area contributed by atoms with Crippen LogP contribution in [0.2, 0.25) is 19.6 Å². The van der Waals surface area contributed by atoms with Gasteiger partial charge in [0.25, 0.3) is 0 Å². The summed E-state index contributed by atoms with van der Waals surface area (Å²) in [5.41, 5.74) is 0.509. The Bertz CT molecular complexity index is 344. The molecule has 1 rings (SSSR count). The summed E-state index contributed by atoms with van der Waals surface area (Å²) in [6, 6.07) is 3.69. The normalized spacial score (nSPS) is 11.1. The van der Waals surface area contributed by atoms with Gasteiger partial charge in [-0.2, -0.15) is 0 Å². The minimum absolute atomic E-state index is 0.430. The van der Waals surface area contributed by atoms with Gasteiger partial charge < -0.3 is 4.74 Å². The molecule has 1 aromatic rings. The number of rotatable bonds is 3. The van der Waals surface area contributed by atoms with Gasteiger partial charge in [0, 0.05) is 5.32 Å². The van der Waals surface area contributed by atoms with Crippen molar-refractivity contribution in [1.29, 1.82) is 0 Å². The zero-order chi connectivity index (χ0) is 10.8. The number of ether oxygens (including phenoxy) is 1. The van der Waals surface area contributed by atoms with Crippen LogP contribution in [0, 0.1) is 0 Å². The van der Waals surface area contributed by atoms with Crippen molar-refractivity contribution in [3.8, 4) is 5.88 Å². The lowest BCUT2D eigenvalue weighted by atomic mass is 10.3. The number of aromatic nitrogens is 1. The molecule has 1 heterocycles. The van der Waals surface area contributed by atoms with Crippen molar-refractivity contribution >= 4 is 19.7 Å². The highest BCUT2D eigenvalue weighted by Crippen LogP contribution is 2.11. The van der Waals surface area contributed by atoms with E-state index in [2.05, 4.69) is 24.6 Å². The van der Waals surface area contributed by atoms with E-state index in [-0.39, 0.29) is 0 Å². The Morgan fingerprint density at radius 3 is 2.43 bits per heavy atom. The molecule has 0 aliphatic carbocycles. The van der Waals surface area contributed by atoms with E-state index in [9.17, 15) is 4.79 Å². The first-order valence-corrected chi connectivity index (χ1v) is 7.99. The number of aldehydes is 1. The van der Waals surface area contributed by atoms with Crippen LogP contribution in [0.3, 0.4) is 0 Å². The van der Waals surface area contributed by atoms with E-state index in [1.54, 1.807) is 6.07 Å². The van der Waals surface area contributed by atoms with E-state index in [0.29, 0.717) is 11.4 Å². The number of carbonyl (C=O) groups excluding carboxylic acids is 1. The van der Waals surface area contributed by atoms with Crippen LogP contribution >= 0.6 is 0 Å². The summed E-state index contributed by atoms with van der Waals surface area (Å²) in [4.78, 5) is 15.0. The van der Waals surface area contributed by atoms with Gasteiger partial charge in [0.2, 0.25) is 5.88 Å². The number of pyridine rings is 1. The standard InChI is InChI=1S/C10H15NO2Si/c1-13-10-8(7-12)5-6-9(11-10)14(2,3)4/h5-7H,1-4H3. The second-order valence-electron chi connectivity index (χ2n) is 4.16. The largest absolute Gasteiger partial charge is 0.480 e. The molecule has 0 spiro atoms. The van der Waals surface area contributed by atoms with Crippen LogP contribution in [0.4, 0.5) is 0 Å². The molecular weight excluding hydrogens is 194 g/mol. The topological polar surface area (TPSA) is 39.2 Å². The molecule has 0 aliphatic rings. The zero-order valence-electron chi connectivity index (χ0n) is 9.00. The van der Waals surface area contributed by atoms with Crippen molar-refractivity contribution < 1.29 is 9.53 Å². The molecule has 0 N–H and O–H groups in total. The molecule has 76 valence electrons. The molecule has 0 fully saturated rings. The fourth-order valence-corrected chi connectivity index (χ4v) is 2.14. The van der Waals surface area contributed by atoms with Crippen LogP contribution in [0.5, 0.6) is 5.88 Å². The van der Waals surface area contributed by atoms with Crippen molar-refractivity contribution in [3.63, 3.8) is 0 Å². The van der Waals surface area contributed by atoms with Crippen LogP contribution in [0.1, 0.15) is 10.4 Å². The van der Waals surface area contributed by atoms with Crippen LogP contribution < -0.4 is 10.1 Å². The summed E-state index contributed by atoms with van der Waals surface area (Å²) < 4.78 is 5.05. The van der Waals surface area contributed by atoms with Gasteiger partial charge in [0.05, 0.1) is 12.7 Å². The predicted molar refractivity (Wildman–Crippen MR) is 59.2 cm³/mol. The summed E-state index contributed by atoms with van der Waals surface area (Å²) >= 11 is 0. The highest BCUT2D eigenvalue weighted by atomic mass is 28.3. The van der Waals surface area contributed by atoms with E-state index >= 15 is 0 Å². The summed E-state index contributed by atoms with van der Waals surface area (Å²) in [6.07, 6.45) is 0.764. The molecule has 4 heteroatoms. The Labute approximate surface area is 85.1 Å². The molecule has 0 unspecified atom stereocenters. The Kier molecular flexibility index (Phi) is 3.05. The van der Waals surface area contributed by atoms with E-state index < -0.39 is 8.07 Å². The van der Waals surface area contributed by atoms with E-state index in [4.69, 9.17) is 4.74 Å². The number of nitrogens with zero attached hydrogens (tertiary/aromatic N) is 1. The maximum atomic E-state index is 10.6. The van der Waals surface area contributed by atoms with Crippen molar-refractivity contribution in [2.24, 2.45) is 0 Å². The molecule has 0 saturated heterocycles. The number of methoxy groups -OCH3 is 1. The highest BCUT2D eigenvalue weighted by molar-refractivity contribution is 6.88. The summed E-state index contributed by atoms with van der Waals surface area (Å²) in [5.74, 6) is 0.430. The minimum atomic E-state index is -1.42. The summed E-state index contributed by atoms with van der Waals surface area (Å²) in [7, 11) is 0.107. The quantitative estimate of drug-likeness (QED) is 0.558. The monoisotopic (exact) mass is 209 g/mol. The maximum absolute atomic E-state index is 10.6. The first-order chi connectivity index (χ1) is 6.49. The second kappa shape index (κ2) is 3.92. The Hall–Kier alpha value is -1.16. The first-order valence-electron chi connectivity index (χ1n) is 4.49. The lowest BCUT2D eigenvalue weighted by Crippen LogP contribution is -2.40. The van der Waals surface area contributed by atoms with Crippen molar-refractivity contribution in [2.75, 3.05) is 7.11 Å². The summed E-state index contributed by atoms with van der Waals surface area (Å²) in [5, 5.41) is 1.06. The second-order valence-corrected chi connectivity index (χ2v) is 9.18. The van der Waals surface area contributed by atoms with Gasteiger partial charge >= 0.3 is 0 Å². The van der Waals surface area contributed by atoms with Gasteiger partial charge in [0.1, 0.15) is 8.07 Å². The molecule has 1 aromatic heterocycles. The van der Waals surface area contributed by atoms with Gasteiger partial charge in [0.15, 0.2) is 6.29 Å². The van der Waals surface area contributed by atoms with Gasteiger partial charge in [-0.1, -0.05) is 19.6 Å². The Morgan fingerprint density at radius 1 is 1.36 bits per heavy atom. The number of hydrogen-bond acceptors (Lipinski definition) is 3. The molecule has 0 amide bonds. The first kappa shape index (κ1) is 10.9. The molecule has 0 saturated carbocycles. The van der Waals surface area contributed by atoms with Crippen molar-refractivity contribution in [1.82, 2.24) is 4.98 Å². The van der Waals surface area contributed by atoms with Gasteiger partial charge in [-0.15, -0.1) is 0 Å². The van der Waals surface area contributed by atoms with Gasteiger partial charge in [-0.05, 0) is 12.1 Å². The predicted octanol–water partition coefficient (Wildman–Crippen LogP) is 1.45. The SMILES string of the molecule is COc1nc([Si](C)(C)C)ccc1C=O. The lowest BCUT2D eigenvalue weighted by molar-refractivity contribution is 0.112. The highest BCUT2D eigenvalue weighted by Gasteiger charge is 2.19. The molecule has 0 aliphatic heterocycles. The number of carbonyl (C=O) groups is 1. The smallest absolute Gasteiger partial charge is 0.223 e. The number of hydrogen-bond donors (Lipinski definition) is 0. The molecule has 0 aromatic carbocycles. The third kappa shape index (κ3) is 2.20. The molecule has 0 radical (unpaired) electrons. The van der Waals surface area contributed by atoms with E-state index in [0.717, 1.165) is 11.6 Å². The summed E-state index contributed by atoms with van der Waals surface area (Å²) in [6.45, 7) is 6.61. The van der Waals surface area contributed by atoms with Crippen LogP contribution in [0.15, 0.2) is 12.1 Å². The van der Waals surface area contributed by atoms with Crippen molar-refractivity contribution in [3.05, 3.63) is 17.7 Å². The molecule has 14 heavy (non-hydrogen) atoms. The lowest BCUT2D eigenvalue weighted by Gasteiger charge is -2.16. The van der Waals surface area contributed by atoms with Gasteiger partial charge in [-0.3, -0.25) is 4.79 Å². The molecular formula is C10H15NO2Si.